The van der Waals surface area contributed by atoms with Crippen LogP contribution in [0.5, 0.6) is 11.5 Å². The second-order valence-electron chi connectivity index (χ2n) is 7.55. The van der Waals surface area contributed by atoms with Gasteiger partial charge < -0.3 is 14.4 Å². The minimum Gasteiger partial charge on any atom is -0.454 e. The molecule has 2 fully saturated rings. The van der Waals surface area contributed by atoms with Gasteiger partial charge in [-0.1, -0.05) is 30.9 Å². The van der Waals surface area contributed by atoms with Crippen molar-refractivity contribution in [3.05, 3.63) is 22.0 Å². The molecular weight excluding hydrogens is 370 g/mol. The summed E-state index contributed by atoms with van der Waals surface area (Å²) in [6.45, 7) is 1.18. The van der Waals surface area contributed by atoms with E-state index in [0.717, 1.165) is 50.9 Å². The first-order valence-corrected chi connectivity index (χ1v) is 10.7. The van der Waals surface area contributed by atoms with Gasteiger partial charge in [0.05, 0.1) is 5.02 Å². The molecule has 1 aliphatic carbocycles. The van der Waals surface area contributed by atoms with E-state index in [2.05, 4.69) is 4.90 Å². The molecule has 1 saturated heterocycles. The predicted molar refractivity (Wildman–Crippen MR) is 103 cm³/mol. The summed E-state index contributed by atoms with van der Waals surface area (Å²) in [5.41, 5.74) is 0. The predicted octanol–water partition coefficient (Wildman–Crippen LogP) is 5.01. The zero-order chi connectivity index (χ0) is 17.7. The Kier molecular flexibility index (Phi) is 4.24. The average Bonchev–Trinajstić information content (AvgIpc) is 3.34. The van der Waals surface area contributed by atoms with Crippen LogP contribution in [0, 0.1) is 5.92 Å². The number of carbonyl (C=O) groups excluding carboxylic acids is 1. The van der Waals surface area contributed by atoms with Crippen molar-refractivity contribution in [1.29, 1.82) is 0 Å². The number of hydrogen-bond donors (Lipinski definition) is 0. The first-order chi connectivity index (χ1) is 12.7. The van der Waals surface area contributed by atoms with Crippen molar-refractivity contribution in [3.8, 4) is 11.5 Å². The molecule has 0 radical (unpaired) electrons. The Hall–Kier alpha value is -1.46. The molecule has 1 saturated carbocycles. The van der Waals surface area contributed by atoms with Gasteiger partial charge in [-0.2, -0.15) is 0 Å². The van der Waals surface area contributed by atoms with Crippen LogP contribution in [0.4, 0.5) is 0 Å². The van der Waals surface area contributed by atoms with Crippen molar-refractivity contribution in [2.45, 2.75) is 51.0 Å². The molecule has 1 unspecified atom stereocenters. The van der Waals surface area contributed by atoms with E-state index in [1.807, 2.05) is 12.1 Å². The maximum atomic E-state index is 12.9. The molecule has 5 rings (SSSR count). The minimum atomic E-state index is 0.0711. The number of likely N-dealkylation sites (tertiary alicyclic amines) is 1. The van der Waals surface area contributed by atoms with E-state index < -0.39 is 0 Å². The molecule has 1 aromatic carbocycles. The maximum absolute atomic E-state index is 12.9. The summed E-state index contributed by atoms with van der Waals surface area (Å²) >= 11 is 8.34. The van der Waals surface area contributed by atoms with Crippen LogP contribution in [0.3, 0.4) is 0 Å². The van der Waals surface area contributed by atoms with Crippen LogP contribution in [0.25, 0.3) is 10.1 Å². The summed E-state index contributed by atoms with van der Waals surface area (Å²) in [7, 11) is 0. The highest BCUT2D eigenvalue weighted by atomic mass is 35.5. The third-order valence-electron chi connectivity index (χ3n) is 5.99. The quantitative estimate of drug-likeness (QED) is 0.738. The lowest BCUT2D eigenvalue weighted by molar-refractivity contribution is -0.133. The first-order valence-electron chi connectivity index (χ1n) is 9.51. The Morgan fingerprint density at radius 1 is 1.12 bits per heavy atom. The van der Waals surface area contributed by atoms with Crippen molar-refractivity contribution >= 4 is 38.9 Å². The standard InChI is InChI=1S/C20H22ClNO3S/c21-19-14-9-15-16(25-11-24-15)10-17(14)26-18(19)8-12-6-7-22(20(12)23)13-4-2-1-3-5-13/h9-10,12-13H,1-8,11H2. The van der Waals surface area contributed by atoms with Gasteiger partial charge in [-0.25, -0.2) is 0 Å². The van der Waals surface area contributed by atoms with Gasteiger partial charge in [0.25, 0.3) is 0 Å². The Balaban J connectivity index is 1.36. The van der Waals surface area contributed by atoms with Crippen LogP contribution in [-0.4, -0.2) is 30.2 Å². The SMILES string of the molecule is O=C1C(Cc2sc3cc4c(cc3c2Cl)OCO4)CCN1C1CCCCC1. The molecule has 2 aliphatic heterocycles. The summed E-state index contributed by atoms with van der Waals surface area (Å²) in [4.78, 5) is 16.2. The monoisotopic (exact) mass is 391 g/mol. The number of benzene rings is 1. The van der Waals surface area contributed by atoms with Gasteiger partial charge in [-0.3, -0.25) is 4.79 Å². The number of hydrogen-bond acceptors (Lipinski definition) is 4. The fourth-order valence-corrected chi connectivity index (χ4v) is 6.16. The number of halogens is 1. The van der Waals surface area contributed by atoms with Crippen molar-refractivity contribution in [2.24, 2.45) is 5.92 Å². The van der Waals surface area contributed by atoms with Gasteiger partial charge in [0.2, 0.25) is 12.7 Å². The molecule has 26 heavy (non-hydrogen) atoms. The van der Waals surface area contributed by atoms with Crippen molar-refractivity contribution in [3.63, 3.8) is 0 Å². The van der Waals surface area contributed by atoms with Crippen molar-refractivity contribution in [2.75, 3.05) is 13.3 Å². The van der Waals surface area contributed by atoms with Gasteiger partial charge in [-0.15, -0.1) is 11.3 Å². The van der Waals surface area contributed by atoms with E-state index in [4.69, 9.17) is 21.1 Å². The Morgan fingerprint density at radius 2 is 1.88 bits per heavy atom. The average molecular weight is 392 g/mol. The molecule has 0 spiro atoms. The second-order valence-corrected chi connectivity index (χ2v) is 9.07. The number of ether oxygens (including phenoxy) is 2. The van der Waals surface area contributed by atoms with E-state index in [9.17, 15) is 4.79 Å². The highest BCUT2D eigenvalue weighted by molar-refractivity contribution is 7.19. The fraction of sp³-hybridized carbons (Fsp3) is 0.550. The zero-order valence-electron chi connectivity index (χ0n) is 14.6. The lowest BCUT2D eigenvalue weighted by Crippen LogP contribution is -2.39. The number of carbonyl (C=O) groups is 1. The van der Waals surface area contributed by atoms with E-state index in [1.165, 1.54) is 32.1 Å². The van der Waals surface area contributed by atoms with Crippen LogP contribution in [-0.2, 0) is 11.2 Å². The normalized spacial score (nSPS) is 23.3. The number of rotatable bonds is 3. The Labute approximate surface area is 162 Å². The summed E-state index contributed by atoms with van der Waals surface area (Å²) < 4.78 is 12.0. The molecular formula is C20H22ClNO3S. The lowest BCUT2D eigenvalue weighted by atomic mass is 9.94. The van der Waals surface area contributed by atoms with Crippen LogP contribution < -0.4 is 9.47 Å². The van der Waals surface area contributed by atoms with Crippen LogP contribution in [0.2, 0.25) is 5.02 Å². The Bertz CT molecular complexity index is 858. The number of nitrogens with zero attached hydrogens (tertiary/aromatic N) is 1. The van der Waals surface area contributed by atoms with Gasteiger partial charge in [0, 0.05) is 39.5 Å². The lowest BCUT2D eigenvalue weighted by Gasteiger charge is -2.31. The zero-order valence-corrected chi connectivity index (χ0v) is 16.2. The number of fused-ring (bicyclic) bond motifs is 2. The second kappa shape index (κ2) is 6.61. The van der Waals surface area contributed by atoms with E-state index in [-0.39, 0.29) is 12.7 Å². The van der Waals surface area contributed by atoms with Crippen molar-refractivity contribution in [1.82, 2.24) is 4.90 Å². The van der Waals surface area contributed by atoms with E-state index in [1.54, 1.807) is 11.3 Å². The molecule has 0 N–H and O–H groups in total. The fourth-order valence-electron chi connectivity index (χ4n) is 4.57. The molecule has 2 aromatic rings. The third kappa shape index (κ3) is 2.76. The topological polar surface area (TPSA) is 38.8 Å². The highest BCUT2D eigenvalue weighted by Gasteiger charge is 2.36. The molecule has 0 bridgehead atoms. The molecule has 138 valence electrons. The largest absolute Gasteiger partial charge is 0.454 e. The van der Waals surface area contributed by atoms with Gasteiger partial charge >= 0.3 is 0 Å². The van der Waals surface area contributed by atoms with Gasteiger partial charge in [0.1, 0.15) is 0 Å². The molecule has 3 aliphatic rings. The van der Waals surface area contributed by atoms with Crippen molar-refractivity contribution < 1.29 is 14.3 Å². The molecule has 6 heteroatoms. The van der Waals surface area contributed by atoms with Gasteiger partial charge in [-0.05, 0) is 31.7 Å². The summed E-state index contributed by atoms with van der Waals surface area (Å²) in [6, 6.07) is 4.43. The summed E-state index contributed by atoms with van der Waals surface area (Å²) in [5.74, 6) is 1.94. The number of amides is 1. The molecule has 1 aromatic heterocycles. The van der Waals surface area contributed by atoms with Crippen LogP contribution in [0.1, 0.15) is 43.4 Å². The molecule has 1 atom stereocenters. The smallest absolute Gasteiger partial charge is 0.231 e. The van der Waals surface area contributed by atoms with Crippen LogP contribution in [0.15, 0.2) is 12.1 Å². The van der Waals surface area contributed by atoms with E-state index in [0.29, 0.717) is 11.9 Å². The maximum Gasteiger partial charge on any atom is 0.231 e. The third-order valence-corrected chi connectivity index (χ3v) is 7.71. The van der Waals surface area contributed by atoms with E-state index >= 15 is 0 Å². The highest BCUT2D eigenvalue weighted by Crippen LogP contribution is 2.44. The van der Waals surface area contributed by atoms with Crippen LogP contribution >= 0.6 is 22.9 Å². The molecule has 4 nitrogen and oxygen atoms in total. The Morgan fingerprint density at radius 3 is 2.69 bits per heavy atom. The summed E-state index contributed by atoms with van der Waals surface area (Å²) in [5, 5.41) is 1.78. The first kappa shape index (κ1) is 16.7. The molecule has 1 amide bonds. The number of thiophene rings is 1. The minimum absolute atomic E-state index is 0.0711. The van der Waals surface area contributed by atoms with Gasteiger partial charge in [0.15, 0.2) is 11.5 Å². The molecule has 3 heterocycles. The summed E-state index contributed by atoms with van der Waals surface area (Å²) in [6.07, 6.45) is 7.87.